The van der Waals surface area contributed by atoms with Crippen LogP contribution in [-0.4, -0.2) is 24.2 Å². The van der Waals surface area contributed by atoms with Crippen molar-refractivity contribution in [2.45, 2.75) is 24.9 Å². The minimum atomic E-state index is 0.00810. The molecule has 0 amide bonds. The molecule has 1 aromatic carbocycles. The maximum Gasteiger partial charge on any atom is 0.0850 e. The van der Waals surface area contributed by atoms with Crippen molar-refractivity contribution in [3.8, 4) is 0 Å². The fourth-order valence-electron chi connectivity index (χ4n) is 2.55. The molecular weight excluding hydrogens is 260 g/mol. The van der Waals surface area contributed by atoms with Crippen LogP contribution in [0.1, 0.15) is 19.3 Å². The highest BCUT2D eigenvalue weighted by Gasteiger charge is 2.36. The molecule has 1 fully saturated rings. The van der Waals surface area contributed by atoms with E-state index >= 15 is 0 Å². The molecule has 0 spiro atoms. The summed E-state index contributed by atoms with van der Waals surface area (Å²) in [5.41, 5.74) is 2.03. The summed E-state index contributed by atoms with van der Waals surface area (Å²) in [7, 11) is 1.79. The molecule has 1 saturated carbocycles. The monoisotopic (exact) mass is 276 g/mol. The lowest BCUT2D eigenvalue weighted by Gasteiger charge is -2.40. The van der Waals surface area contributed by atoms with E-state index in [9.17, 15) is 0 Å². The number of hydrogen-bond donors (Lipinski definition) is 1. The third kappa shape index (κ3) is 2.40. The Kier molecular flexibility index (Phi) is 3.33. The van der Waals surface area contributed by atoms with E-state index in [1.165, 1.54) is 6.42 Å². The predicted molar refractivity (Wildman–Crippen MR) is 78.8 cm³/mol. The number of methoxy groups -OCH3 is 1. The summed E-state index contributed by atoms with van der Waals surface area (Å²) in [4.78, 5) is 4.35. The Morgan fingerprint density at radius 3 is 2.89 bits per heavy atom. The van der Waals surface area contributed by atoms with Gasteiger partial charge in [0.1, 0.15) is 0 Å². The number of aromatic nitrogens is 1. The largest absolute Gasteiger partial charge is 0.382 e. The van der Waals surface area contributed by atoms with Gasteiger partial charge in [0.25, 0.3) is 0 Å². The summed E-state index contributed by atoms with van der Waals surface area (Å²) >= 11 is 6.07. The van der Waals surface area contributed by atoms with Crippen molar-refractivity contribution in [3.63, 3.8) is 0 Å². The first-order valence-corrected chi connectivity index (χ1v) is 6.94. The van der Waals surface area contributed by atoms with Gasteiger partial charge in [-0.15, -0.1) is 0 Å². The molecule has 0 atom stereocenters. The molecule has 0 aliphatic heterocycles. The Labute approximate surface area is 117 Å². The quantitative estimate of drug-likeness (QED) is 0.920. The lowest BCUT2D eigenvalue weighted by molar-refractivity contribution is -0.0601. The SMILES string of the molecule is COC1(CNc2ccnc3ccc(Cl)cc23)CCC1. The molecule has 3 rings (SSSR count). The van der Waals surface area contributed by atoms with E-state index in [-0.39, 0.29) is 5.60 Å². The summed E-state index contributed by atoms with van der Waals surface area (Å²) in [5, 5.41) is 5.27. The fraction of sp³-hybridized carbons (Fsp3) is 0.400. The van der Waals surface area contributed by atoms with Gasteiger partial charge in [-0.05, 0) is 43.5 Å². The van der Waals surface area contributed by atoms with Crippen molar-refractivity contribution < 1.29 is 4.74 Å². The van der Waals surface area contributed by atoms with E-state index in [1.54, 1.807) is 7.11 Å². The van der Waals surface area contributed by atoms with Crippen LogP contribution in [-0.2, 0) is 4.74 Å². The molecule has 1 N–H and O–H groups in total. The van der Waals surface area contributed by atoms with Gasteiger partial charge < -0.3 is 10.1 Å². The molecule has 0 unspecified atom stereocenters. The van der Waals surface area contributed by atoms with Gasteiger partial charge in [-0.2, -0.15) is 0 Å². The smallest absolute Gasteiger partial charge is 0.0850 e. The standard InChI is InChI=1S/C15H17ClN2O/c1-19-15(6-2-7-15)10-18-14-5-8-17-13-4-3-11(16)9-12(13)14/h3-5,8-9H,2,6-7,10H2,1H3,(H,17,18). The first-order valence-electron chi connectivity index (χ1n) is 6.56. The van der Waals surface area contributed by atoms with Crippen LogP contribution in [0.4, 0.5) is 5.69 Å². The van der Waals surface area contributed by atoms with Gasteiger partial charge in [-0.1, -0.05) is 11.6 Å². The van der Waals surface area contributed by atoms with E-state index < -0.39 is 0 Å². The van der Waals surface area contributed by atoms with Gasteiger partial charge in [-0.3, -0.25) is 4.98 Å². The average Bonchev–Trinajstić information content (AvgIpc) is 2.38. The Morgan fingerprint density at radius 2 is 2.21 bits per heavy atom. The van der Waals surface area contributed by atoms with Crippen LogP contribution in [0.25, 0.3) is 10.9 Å². The Bertz CT molecular complexity index is 590. The minimum Gasteiger partial charge on any atom is -0.382 e. The number of anilines is 1. The van der Waals surface area contributed by atoms with Crippen molar-refractivity contribution in [3.05, 3.63) is 35.5 Å². The van der Waals surface area contributed by atoms with Gasteiger partial charge in [-0.25, -0.2) is 0 Å². The van der Waals surface area contributed by atoms with E-state index in [0.29, 0.717) is 0 Å². The molecule has 1 heterocycles. The van der Waals surface area contributed by atoms with Crippen LogP contribution >= 0.6 is 11.6 Å². The van der Waals surface area contributed by atoms with E-state index in [0.717, 1.165) is 41.0 Å². The molecule has 3 nitrogen and oxygen atoms in total. The van der Waals surface area contributed by atoms with Crippen LogP contribution in [0.5, 0.6) is 0 Å². The van der Waals surface area contributed by atoms with E-state index in [1.807, 2.05) is 30.5 Å². The van der Waals surface area contributed by atoms with Crippen LogP contribution in [0, 0.1) is 0 Å². The van der Waals surface area contributed by atoms with E-state index in [4.69, 9.17) is 16.3 Å². The van der Waals surface area contributed by atoms with Crippen LogP contribution in [0.2, 0.25) is 5.02 Å². The van der Waals surface area contributed by atoms with Gasteiger partial charge in [0.05, 0.1) is 11.1 Å². The summed E-state index contributed by atoms with van der Waals surface area (Å²) in [5.74, 6) is 0. The van der Waals surface area contributed by atoms with Gasteiger partial charge in [0, 0.05) is 35.9 Å². The highest BCUT2D eigenvalue weighted by molar-refractivity contribution is 6.31. The lowest BCUT2D eigenvalue weighted by Crippen LogP contribution is -2.45. The fourth-order valence-corrected chi connectivity index (χ4v) is 2.73. The summed E-state index contributed by atoms with van der Waals surface area (Å²) in [6, 6.07) is 7.74. The number of nitrogens with zero attached hydrogens (tertiary/aromatic N) is 1. The Balaban J connectivity index is 1.86. The minimum absolute atomic E-state index is 0.00810. The topological polar surface area (TPSA) is 34.1 Å². The highest BCUT2D eigenvalue weighted by Crippen LogP contribution is 2.35. The molecule has 2 aromatic rings. The number of fused-ring (bicyclic) bond motifs is 1. The van der Waals surface area contributed by atoms with Crippen molar-refractivity contribution in [2.75, 3.05) is 19.0 Å². The number of rotatable bonds is 4. The number of halogens is 1. The number of nitrogens with one attached hydrogen (secondary N) is 1. The maximum absolute atomic E-state index is 6.07. The average molecular weight is 277 g/mol. The first kappa shape index (κ1) is 12.7. The zero-order valence-corrected chi connectivity index (χ0v) is 11.7. The molecule has 0 bridgehead atoms. The van der Waals surface area contributed by atoms with E-state index in [2.05, 4.69) is 10.3 Å². The second kappa shape index (κ2) is 4.99. The molecule has 1 aliphatic rings. The lowest BCUT2D eigenvalue weighted by atomic mass is 9.80. The predicted octanol–water partition coefficient (Wildman–Crippen LogP) is 3.87. The van der Waals surface area contributed by atoms with Crippen molar-refractivity contribution in [1.82, 2.24) is 4.98 Å². The highest BCUT2D eigenvalue weighted by atomic mass is 35.5. The van der Waals surface area contributed by atoms with Gasteiger partial charge in [0.15, 0.2) is 0 Å². The Morgan fingerprint density at radius 1 is 1.37 bits per heavy atom. The number of hydrogen-bond acceptors (Lipinski definition) is 3. The molecular formula is C15H17ClN2O. The molecule has 100 valence electrons. The van der Waals surface area contributed by atoms with Gasteiger partial charge >= 0.3 is 0 Å². The van der Waals surface area contributed by atoms with Crippen LogP contribution < -0.4 is 5.32 Å². The molecule has 4 heteroatoms. The maximum atomic E-state index is 6.07. The third-order valence-electron chi connectivity index (χ3n) is 4.00. The number of pyridine rings is 1. The number of ether oxygens (including phenoxy) is 1. The molecule has 1 aliphatic carbocycles. The second-order valence-electron chi connectivity index (χ2n) is 5.11. The molecule has 19 heavy (non-hydrogen) atoms. The normalized spacial score (nSPS) is 17.2. The molecule has 1 aromatic heterocycles. The van der Waals surface area contributed by atoms with Crippen LogP contribution in [0.15, 0.2) is 30.5 Å². The second-order valence-corrected chi connectivity index (χ2v) is 5.55. The molecule has 0 radical (unpaired) electrons. The summed E-state index contributed by atoms with van der Waals surface area (Å²) in [6.45, 7) is 0.828. The van der Waals surface area contributed by atoms with Crippen molar-refractivity contribution in [2.24, 2.45) is 0 Å². The third-order valence-corrected chi connectivity index (χ3v) is 4.24. The van der Waals surface area contributed by atoms with Gasteiger partial charge in [0.2, 0.25) is 0 Å². The molecule has 0 saturated heterocycles. The van der Waals surface area contributed by atoms with Crippen molar-refractivity contribution in [1.29, 1.82) is 0 Å². The van der Waals surface area contributed by atoms with Crippen LogP contribution in [0.3, 0.4) is 0 Å². The summed E-state index contributed by atoms with van der Waals surface area (Å²) in [6.07, 6.45) is 5.32. The Hall–Kier alpha value is -1.32. The zero-order chi connectivity index (χ0) is 13.3. The first-order chi connectivity index (χ1) is 9.22. The van der Waals surface area contributed by atoms with Crippen molar-refractivity contribution >= 4 is 28.2 Å². The zero-order valence-electron chi connectivity index (χ0n) is 10.9. The number of benzene rings is 1. The summed E-state index contributed by atoms with van der Waals surface area (Å²) < 4.78 is 5.63.